The zero-order valence-electron chi connectivity index (χ0n) is 14.1. The van der Waals surface area contributed by atoms with Crippen LogP contribution >= 0.6 is 0 Å². The maximum Gasteiger partial charge on any atom is 0.347 e. The number of nitrogens with one attached hydrogen (secondary N) is 1. The smallest absolute Gasteiger partial charge is 0.347 e. The summed E-state index contributed by atoms with van der Waals surface area (Å²) >= 11 is 0. The van der Waals surface area contributed by atoms with E-state index in [2.05, 4.69) is 29.3 Å². The molecule has 0 radical (unpaired) electrons. The number of hydrogen-bond acceptors (Lipinski definition) is 5. The van der Waals surface area contributed by atoms with E-state index in [0.717, 1.165) is 17.8 Å². The highest BCUT2D eigenvalue weighted by atomic mass is 16.6. The number of oxime groups is 1. The minimum absolute atomic E-state index is 0.0955. The van der Waals surface area contributed by atoms with Gasteiger partial charge in [-0.1, -0.05) is 19.0 Å². The third-order valence-electron chi connectivity index (χ3n) is 3.86. The van der Waals surface area contributed by atoms with E-state index < -0.39 is 0 Å². The van der Waals surface area contributed by atoms with Gasteiger partial charge in [-0.25, -0.2) is 4.79 Å². The Kier molecular flexibility index (Phi) is 5.52. The molecule has 1 N–H and O–H groups in total. The van der Waals surface area contributed by atoms with E-state index in [9.17, 15) is 9.59 Å². The fourth-order valence-corrected chi connectivity index (χ4v) is 2.48. The van der Waals surface area contributed by atoms with Crippen LogP contribution in [-0.2, 0) is 16.2 Å². The van der Waals surface area contributed by atoms with Crippen molar-refractivity contribution in [2.75, 3.05) is 6.54 Å². The van der Waals surface area contributed by atoms with Crippen LogP contribution in [0.15, 0.2) is 16.0 Å². The highest BCUT2D eigenvalue weighted by molar-refractivity contribution is 5.87. The summed E-state index contributed by atoms with van der Waals surface area (Å²) in [5, 5.41) is 6.86. The van der Waals surface area contributed by atoms with E-state index in [0.29, 0.717) is 24.7 Å². The van der Waals surface area contributed by atoms with Crippen LogP contribution < -0.4 is 11.0 Å². The summed E-state index contributed by atoms with van der Waals surface area (Å²) in [5.74, 6) is 0.248. The minimum atomic E-state index is -0.315. The maximum atomic E-state index is 11.9. The lowest BCUT2D eigenvalue weighted by Gasteiger charge is -2.12. The lowest BCUT2D eigenvalue weighted by Crippen LogP contribution is -2.34. The molecule has 23 heavy (non-hydrogen) atoms. The summed E-state index contributed by atoms with van der Waals surface area (Å²) in [4.78, 5) is 32.9. The molecule has 7 nitrogen and oxygen atoms in total. The molecule has 0 aliphatic carbocycles. The van der Waals surface area contributed by atoms with Crippen molar-refractivity contribution in [2.45, 2.75) is 53.2 Å². The number of amides is 1. The van der Waals surface area contributed by atoms with Gasteiger partial charge in [0.2, 0.25) is 5.91 Å². The second kappa shape index (κ2) is 7.39. The Morgan fingerprint density at radius 2 is 2.22 bits per heavy atom. The van der Waals surface area contributed by atoms with Crippen molar-refractivity contribution in [3.63, 3.8) is 0 Å². The Morgan fingerprint density at radius 1 is 1.48 bits per heavy atom. The van der Waals surface area contributed by atoms with E-state index >= 15 is 0 Å². The Labute approximate surface area is 135 Å². The number of rotatable bonds is 6. The van der Waals surface area contributed by atoms with Gasteiger partial charge in [0, 0.05) is 30.8 Å². The number of aromatic nitrogens is 2. The maximum absolute atomic E-state index is 11.9. The van der Waals surface area contributed by atoms with Gasteiger partial charge >= 0.3 is 5.69 Å². The van der Waals surface area contributed by atoms with E-state index in [4.69, 9.17) is 4.84 Å². The first kappa shape index (κ1) is 17.2. The van der Waals surface area contributed by atoms with Gasteiger partial charge in [-0.05, 0) is 25.8 Å². The molecule has 1 aromatic rings. The molecular formula is C16H24N4O3. The molecule has 1 amide bonds. The first-order chi connectivity index (χ1) is 10.9. The van der Waals surface area contributed by atoms with Crippen molar-refractivity contribution in [2.24, 2.45) is 11.1 Å². The molecule has 7 heteroatoms. The topological polar surface area (TPSA) is 85.6 Å². The molecule has 126 valence electrons. The SMILES string of the molecule is Cc1cc(C)n(CCC(=O)NC[C@H]2CC(C(C)C)=NO2)c(=O)n1. The first-order valence-corrected chi connectivity index (χ1v) is 7.91. The molecule has 0 aromatic carbocycles. The lowest BCUT2D eigenvalue weighted by atomic mass is 10.0. The van der Waals surface area contributed by atoms with Crippen LogP contribution in [-0.4, -0.2) is 33.8 Å². The fraction of sp³-hybridized carbons (Fsp3) is 0.625. The van der Waals surface area contributed by atoms with Gasteiger partial charge in [-0.3, -0.25) is 9.36 Å². The zero-order chi connectivity index (χ0) is 17.0. The van der Waals surface area contributed by atoms with Crippen molar-refractivity contribution < 1.29 is 9.63 Å². The van der Waals surface area contributed by atoms with Crippen LogP contribution in [0.1, 0.15) is 38.1 Å². The fourth-order valence-electron chi connectivity index (χ4n) is 2.48. The Hall–Kier alpha value is -2.18. The average molecular weight is 320 g/mol. The number of hydrogen-bond donors (Lipinski definition) is 1. The summed E-state index contributed by atoms with van der Waals surface area (Å²) in [6.45, 7) is 8.50. The number of aryl methyl sites for hydroxylation is 2. The normalized spacial score (nSPS) is 17.1. The van der Waals surface area contributed by atoms with E-state index in [-0.39, 0.29) is 24.1 Å². The van der Waals surface area contributed by atoms with Crippen molar-refractivity contribution in [3.05, 3.63) is 27.9 Å². The molecule has 0 unspecified atom stereocenters. The van der Waals surface area contributed by atoms with E-state index in [1.54, 1.807) is 6.92 Å². The molecule has 2 heterocycles. The van der Waals surface area contributed by atoms with Crippen LogP contribution in [0, 0.1) is 19.8 Å². The molecule has 2 rings (SSSR count). The average Bonchev–Trinajstić information content (AvgIpc) is 2.93. The van der Waals surface area contributed by atoms with Crippen molar-refractivity contribution in [3.8, 4) is 0 Å². The van der Waals surface area contributed by atoms with Crippen LogP contribution in [0.3, 0.4) is 0 Å². The molecule has 1 aliphatic rings. The van der Waals surface area contributed by atoms with Gasteiger partial charge in [-0.2, -0.15) is 4.98 Å². The summed E-state index contributed by atoms with van der Waals surface area (Å²) in [6, 6.07) is 1.83. The molecule has 0 saturated heterocycles. The summed E-state index contributed by atoms with van der Waals surface area (Å²) in [6.07, 6.45) is 0.885. The second-order valence-corrected chi connectivity index (χ2v) is 6.20. The summed E-state index contributed by atoms with van der Waals surface area (Å²) in [5.41, 5.74) is 2.21. The summed E-state index contributed by atoms with van der Waals surface area (Å²) in [7, 11) is 0. The highest BCUT2D eigenvalue weighted by Gasteiger charge is 2.23. The molecule has 1 atom stereocenters. The van der Waals surface area contributed by atoms with E-state index in [1.807, 2.05) is 13.0 Å². The van der Waals surface area contributed by atoms with Gasteiger partial charge in [0.25, 0.3) is 0 Å². The second-order valence-electron chi connectivity index (χ2n) is 6.20. The van der Waals surface area contributed by atoms with Crippen LogP contribution in [0.5, 0.6) is 0 Å². The predicted octanol–water partition coefficient (Wildman–Crippen LogP) is 1.17. The molecule has 0 spiro atoms. The molecule has 0 saturated carbocycles. The van der Waals surface area contributed by atoms with Gasteiger partial charge in [0.1, 0.15) is 6.10 Å². The summed E-state index contributed by atoms with van der Waals surface area (Å²) < 4.78 is 1.51. The van der Waals surface area contributed by atoms with Gasteiger partial charge in [0.15, 0.2) is 0 Å². The Bertz CT molecular complexity index is 664. The van der Waals surface area contributed by atoms with Gasteiger partial charge < -0.3 is 10.2 Å². The Morgan fingerprint density at radius 3 is 2.83 bits per heavy atom. The molecule has 1 aliphatic heterocycles. The highest BCUT2D eigenvalue weighted by Crippen LogP contribution is 2.15. The van der Waals surface area contributed by atoms with Gasteiger partial charge in [0.05, 0.1) is 12.3 Å². The third-order valence-corrected chi connectivity index (χ3v) is 3.86. The van der Waals surface area contributed by atoms with Crippen molar-refractivity contribution >= 4 is 11.6 Å². The van der Waals surface area contributed by atoms with Crippen molar-refractivity contribution in [1.82, 2.24) is 14.9 Å². The molecule has 0 bridgehead atoms. The largest absolute Gasteiger partial charge is 0.390 e. The number of carbonyl (C=O) groups excluding carboxylic acids is 1. The van der Waals surface area contributed by atoms with Crippen molar-refractivity contribution in [1.29, 1.82) is 0 Å². The quantitative estimate of drug-likeness (QED) is 0.852. The van der Waals surface area contributed by atoms with Crippen LogP contribution in [0.4, 0.5) is 0 Å². The minimum Gasteiger partial charge on any atom is -0.390 e. The molecular weight excluding hydrogens is 296 g/mol. The van der Waals surface area contributed by atoms with Crippen LogP contribution in [0.25, 0.3) is 0 Å². The van der Waals surface area contributed by atoms with Gasteiger partial charge in [-0.15, -0.1) is 0 Å². The Balaban J connectivity index is 1.78. The monoisotopic (exact) mass is 320 g/mol. The predicted molar refractivity (Wildman–Crippen MR) is 87.4 cm³/mol. The standard InChI is InChI=1S/C16H24N4O3/c1-10(2)14-8-13(23-19-14)9-17-15(21)5-6-20-12(4)7-11(3)18-16(20)22/h7,10,13H,5-6,8-9H2,1-4H3,(H,17,21)/t13-/m1/s1. The molecule has 1 aromatic heterocycles. The van der Waals surface area contributed by atoms with Crippen LogP contribution in [0.2, 0.25) is 0 Å². The third kappa shape index (κ3) is 4.64. The number of carbonyl (C=O) groups is 1. The molecule has 0 fully saturated rings. The zero-order valence-corrected chi connectivity index (χ0v) is 14.1. The van der Waals surface area contributed by atoms with E-state index in [1.165, 1.54) is 4.57 Å². The first-order valence-electron chi connectivity index (χ1n) is 7.91. The number of nitrogens with zero attached hydrogens (tertiary/aromatic N) is 3. The lowest BCUT2D eigenvalue weighted by molar-refractivity contribution is -0.121.